The van der Waals surface area contributed by atoms with Crippen LogP contribution in [0.3, 0.4) is 0 Å². The Labute approximate surface area is 203 Å². The van der Waals surface area contributed by atoms with Crippen LogP contribution in [0.5, 0.6) is 0 Å². The van der Waals surface area contributed by atoms with Crippen molar-refractivity contribution in [3.05, 3.63) is 93.9 Å². The van der Waals surface area contributed by atoms with E-state index in [1.807, 2.05) is 35.0 Å². The summed E-state index contributed by atoms with van der Waals surface area (Å²) in [6, 6.07) is 20.6. The van der Waals surface area contributed by atoms with E-state index in [1.54, 1.807) is 7.11 Å². The Hall–Kier alpha value is -2.93. The predicted octanol–water partition coefficient (Wildman–Crippen LogP) is 5.53. The lowest BCUT2D eigenvalue weighted by atomic mass is 9.72. The molecular formula is C28H28N2O3S. The molecule has 5 nitrogen and oxygen atoms in total. The van der Waals surface area contributed by atoms with Gasteiger partial charge in [0, 0.05) is 23.3 Å². The first-order chi connectivity index (χ1) is 16.7. The Morgan fingerprint density at radius 1 is 1.15 bits per heavy atom. The van der Waals surface area contributed by atoms with Crippen LogP contribution in [-0.4, -0.2) is 37.1 Å². The number of furan rings is 1. The van der Waals surface area contributed by atoms with Gasteiger partial charge in [-0.2, -0.15) is 11.3 Å². The van der Waals surface area contributed by atoms with Gasteiger partial charge in [-0.05, 0) is 60.6 Å². The summed E-state index contributed by atoms with van der Waals surface area (Å²) in [6.45, 7) is 2.72. The van der Waals surface area contributed by atoms with Gasteiger partial charge in [-0.15, -0.1) is 0 Å². The lowest BCUT2D eigenvalue weighted by Gasteiger charge is -2.44. The summed E-state index contributed by atoms with van der Waals surface area (Å²) in [5.41, 5.74) is 4.05. The third-order valence-electron chi connectivity index (χ3n) is 7.61. The number of hydrogen-bond acceptors (Lipinski definition) is 5. The van der Waals surface area contributed by atoms with Crippen LogP contribution in [0, 0.1) is 0 Å². The van der Waals surface area contributed by atoms with E-state index in [0.29, 0.717) is 5.56 Å². The number of piperidine rings is 1. The van der Waals surface area contributed by atoms with Crippen molar-refractivity contribution >= 4 is 28.2 Å². The fourth-order valence-corrected chi connectivity index (χ4v) is 6.63. The zero-order valence-corrected chi connectivity index (χ0v) is 20.0. The quantitative estimate of drug-likeness (QED) is 0.415. The first kappa shape index (κ1) is 21.6. The molecule has 2 aromatic heterocycles. The second-order valence-electron chi connectivity index (χ2n) is 9.39. The average molecular weight is 473 g/mol. The van der Waals surface area contributed by atoms with Crippen LogP contribution in [0.2, 0.25) is 0 Å². The molecule has 34 heavy (non-hydrogen) atoms. The fourth-order valence-electron chi connectivity index (χ4n) is 5.99. The molecule has 2 atom stereocenters. The number of carbonyl (C=O) groups is 1. The molecule has 1 N–H and O–H groups in total. The summed E-state index contributed by atoms with van der Waals surface area (Å²) in [7, 11) is 1.78. The number of nitrogens with one attached hydrogen (secondary N) is 1. The Morgan fingerprint density at radius 3 is 2.71 bits per heavy atom. The summed E-state index contributed by atoms with van der Waals surface area (Å²) < 4.78 is 12.2. The van der Waals surface area contributed by atoms with Gasteiger partial charge in [0.1, 0.15) is 11.3 Å². The number of nitrogens with zero attached hydrogens (tertiary/aromatic N) is 1. The minimum absolute atomic E-state index is 0.0394. The van der Waals surface area contributed by atoms with Gasteiger partial charge < -0.3 is 14.5 Å². The van der Waals surface area contributed by atoms with Crippen LogP contribution < -0.4 is 5.32 Å². The lowest BCUT2D eigenvalue weighted by Crippen LogP contribution is -2.50. The fraction of sp³-hybridized carbons (Fsp3) is 0.321. The topological polar surface area (TPSA) is 54.7 Å². The molecule has 1 spiro atoms. The number of carbonyl (C=O) groups excluding carboxylic acids is 1. The Balaban J connectivity index is 1.23. The Kier molecular flexibility index (Phi) is 5.52. The third kappa shape index (κ3) is 3.57. The zero-order valence-electron chi connectivity index (χ0n) is 19.2. The van der Waals surface area contributed by atoms with Crippen molar-refractivity contribution in [2.75, 3.05) is 20.2 Å². The number of likely N-dealkylation sites (tertiary alicyclic amines) is 1. The molecule has 0 unspecified atom stereocenters. The van der Waals surface area contributed by atoms with Crippen LogP contribution in [0.15, 0.2) is 75.8 Å². The maximum atomic E-state index is 13.0. The van der Waals surface area contributed by atoms with Gasteiger partial charge in [-0.25, -0.2) is 0 Å². The van der Waals surface area contributed by atoms with Crippen molar-refractivity contribution in [1.82, 2.24) is 10.2 Å². The van der Waals surface area contributed by atoms with E-state index in [0.717, 1.165) is 49.2 Å². The second kappa shape index (κ2) is 8.69. The number of fused-ring (bicyclic) bond motifs is 3. The van der Waals surface area contributed by atoms with E-state index in [9.17, 15) is 4.79 Å². The lowest BCUT2D eigenvalue weighted by molar-refractivity contribution is -0.0128. The number of amides is 1. The van der Waals surface area contributed by atoms with Gasteiger partial charge in [0.05, 0.1) is 24.3 Å². The van der Waals surface area contributed by atoms with E-state index in [1.165, 1.54) is 22.5 Å². The molecule has 1 fully saturated rings. The van der Waals surface area contributed by atoms with Crippen molar-refractivity contribution < 1.29 is 13.9 Å². The molecule has 0 radical (unpaired) electrons. The number of benzene rings is 2. The molecule has 174 valence electrons. The SMILES string of the molecule is CO[C@@H]1[C@@H](NC(=O)c2ccsc2)c2ccccc2C12CCN(Cc1cc3ccccc3o1)CC2. The summed E-state index contributed by atoms with van der Waals surface area (Å²) in [5.74, 6) is 0.968. The maximum Gasteiger partial charge on any atom is 0.252 e. The summed E-state index contributed by atoms with van der Waals surface area (Å²) in [4.78, 5) is 15.4. The van der Waals surface area contributed by atoms with Gasteiger partial charge in [-0.1, -0.05) is 42.5 Å². The van der Waals surface area contributed by atoms with Crippen molar-refractivity contribution in [1.29, 1.82) is 0 Å². The molecule has 1 aliphatic heterocycles. The average Bonchev–Trinajstić information content (AvgIpc) is 3.59. The van der Waals surface area contributed by atoms with Crippen molar-refractivity contribution in [3.63, 3.8) is 0 Å². The first-order valence-corrected chi connectivity index (χ1v) is 12.8. The van der Waals surface area contributed by atoms with Gasteiger partial charge in [0.25, 0.3) is 5.91 Å². The standard InChI is InChI=1S/C28H28N2O3S/c1-32-26-25(29-27(31)20-10-15-34-18-20)22-7-3-4-8-23(22)28(26)11-13-30(14-12-28)17-21-16-19-6-2-5-9-24(19)33-21/h2-10,15-16,18,25-26H,11-14,17H2,1H3,(H,29,31)/t25-,26+/m0/s1. The number of methoxy groups -OCH3 is 1. The molecule has 3 heterocycles. The number of hydrogen-bond donors (Lipinski definition) is 1. The van der Waals surface area contributed by atoms with E-state index >= 15 is 0 Å². The van der Waals surface area contributed by atoms with E-state index < -0.39 is 0 Å². The van der Waals surface area contributed by atoms with E-state index in [2.05, 4.69) is 46.6 Å². The molecule has 1 aliphatic carbocycles. The number of para-hydroxylation sites is 1. The third-order valence-corrected chi connectivity index (χ3v) is 8.29. The largest absolute Gasteiger partial charge is 0.460 e. The predicted molar refractivity (Wildman–Crippen MR) is 134 cm³/mol. The highest BCUT2D eigenvalue weighted by molar-refractivity contribution is 7.08. The van der Waals surface area contributed by atoms with Crippen molar-refractivity contribution in [3.8, 4) is 0 Å². The van der Waals surface area contributed by atoms with Crippen LogP contribution in [0.4, 0.5) is 0 Å². The monoisotopic (exact) mass is 472 g/mol. The molecule has 4 aromatic rings. The molecule has 1 amide bonds. The molecule has 0 saturated carbocycles. The van der Waals surface area contributed by atoms with Crippen LogP contribution >= 0.6 is 11.3 Å². The molecule has 2 aliphatic rings. The minimum atomic E-state index is -0.157. The van der Waals surface area contributed by atoms with Crippen molar-refractivity contribution in [2.45, 2.75) is 36.9 Å². The maximum absolute atomic E-state index is 13.0. The van der Waals surface area contributed by atoms with Crippen molar-refractivity contribution in [2.24, 2.45) is 0 Å². The molecule has 6 rings (SSSR count). The van der Waals surface area contributed by atoms with Gasteiger partial charge in [-0.3, -0.25) is 9.69 Å². The number of thiophene rings is 1. The molecule has 1 saturated heterocycles. The molecule has 6 heteroatoms. The van der Waals surface area contributed by atoms with Gasteiger partial charge in [0.2, 0.25) is 0 Å². The summed E-state index contributed by atoms with van der Waals surface area (Å²) >= 11 is 1.54. The minimum Gasteiger partial charge on any atom is -0.460 e. The highest BCUT2D eigenvalue weighted by atomic mass is 32.1. The second-order valence-corrected chi connectivity index (χ2v) is 10.2. The highest BCUT2D eigenvalue weighted by Gasteiger charge is 2.54. The van der Waals surface area contributed by atoms with Crippen LogP contribution in [0.25, 0.3) is 11.0 Å². The molecule has 2 aromatic carbocycles. The van der Waals surface area contributed by atoms with Crippen LogP contribution in [0.1, 0.15) is 46.1 Å². The number of rotatable bonds is 5. The smallest absolute Gasteiger partial charge is 0.252 e. The zero-order chi connectivity index (χ0) is 23.1. The number of ether oxygens (including phenoxy) is 1. The summed E-state index contributed by atoms with van der Waals surface area (Å²) in [5, 5.41) is 8.27. The Bertz CT molecular complexity index is 1270. The van der Waals surface area contributed by atoms with Crippen LogP contribution in [-0.2, 0) is 16.7 Å². The molecular weight excluding hydrogens is 444 g/mol. The Morgan fingerprint density at radius 2 is 1.94 bits per heavy atom. The highest BCUT2D eigenvalue weighted by Crippen LogP contribution is 2.52. The van der Waals surface area contributed by atoms with Gasteiger partial charge in [0.15, 0.2) is 0 Å². The normalized spacial score (nSPS) is 21.7. The van der Waals surface area contributed by atoms with E-state index in [-0.39, 0.29) is 23.5 Å². The van der Waals surface area contributed by atoms with Gasteiger partial charge >= 0.3 is 0 Å². The van der Waals surface area contributed by atoms with E-state index in [4.69, 9.17) is 9.15 Å². The summed E-state index contributed by atoms with van der Waals surface area (Å²) in [6.07, 6.45) is 1.86. The first-order valence-electron chi connectivity index (χ1n) is 11.8. The molecule has 0 bridgehead atoms.